The van der Waals surface area contributed by atoms with Gasteiger partial charge in [-0.15, -0.1) is 0 Å². The fraction of sp³-hybridized carbons (Fsp3) is 0.143. The van der Waals surface area contributed by atoms with E-state index in [0.717, 1.165) is 0 Å². The molecule has 2 atom stereocenters. The van der Waals surface area contributed by atoms with Crippen LogP contribution >= 0.6 is 0 Å². The van der Waals surface area contributed by atoms with Gasteiger partial charge in [0.25, 0.3) is 0 Å². The Morgan fingerprint density at radius 2 is 1.78 bits per heavy atom. The Morgan fingerprint density at radius 3 is 2.39 bits per heavy atom. The minimum absolute atomic E-state index is 0.284. The lowest BCUT2D eigenvalue weighted by Crippen LogP contribution is -2.47. The van der Waals surface area contributed by atoms with Crippen molar-refractivity contribution in [2.75, 3.05) is 0 Å². The quantitative estimate of drug-likeness (QED) is 0.789. The molecule has 1 aromatic rings. The lowest BCUT2D eigenvalue weighted by atomic mass is 9.78. The number of Topliss-reactive ketones (excluding diaryl/α,β-unsaturated/α-hetero) is 1. The van der Waals surface area contributed by atoms with Crippen LogP contribution in [0.3, 0.4) is 0 Å². The Bertz CT molecular complexity index is 530. The standard InChI is InChI=1S/C14H12O4/c15-12(10-6-2-1-3-7-10)14(18)9-5-4-8-11(14)13(16)17/h1-9,11,18H,(H,16,17). The maximum Gasteiger partial charge on any atom is 0.314 e. The maximum atomic E-state index is 12.2. The highest BCUT2D eigenvalue weighted by Crippen LogP contribution is 2.28. The molecule has 92 valence electrons. The van der Waals surface area contributed by atoms with Crippen molar-refractivity contribution in [1.29, 1.82) is 0 Å². The molecule has 4 heteroatoms. The molecule has 0 heterocycles. The third-order valence-electron chi connectivity index (χ3n) is 2.90. The van der Waals surface area contributed by atoms with Crippen LogP contribution < -0.4 is 0 Å². The zero-order valence-corrected chi connectivity index (χ0v) is 9.48. The van der Waals surface area contributed by atoms with Crippen LogP contribution in [-0.2, 0) is 4.79 Å². The normalized spacial score (nSPS) is 25.9. The van der Waals surface area contributed by atoms with Gasteiger partial charge in [0.15, 0.2) is 11.4 Å². The number of hydrogen-bond acceptors (Lipinski definition) is 3. The Hall–Kier alpha value is -2.20. The van der Waals surface area contributed by atoms with Gasteiger partial charge >= 0.3 is 5.97 Å². The van der Waals surface area contributed by atoms with Gasteiger partial charge in [-0.05, 0) is 6.08 Å². The number of ketones is 1. The molecule has 2 unspecified atom stereocenters. The molecule has 18 heavy (non-hydrogen) atoms. The van der Waals surface area contributed by atoms with E-state index in [4.69, 9.17) is 5.11 Å². The van der Waals surface area contributed by atoms with Crippen molar-refractivity contribution in [2.45, 2.75) is 5.60 Å². The zero-order chi connectivity index (χ0) is 13.2. The molecule has 0 aliphatic heterocycles. The van der Waals surface area contributed by atoms with E-state index < -0.39 is 23.3 Å². The van der Waals surface area contributed by atoms with Gasteiger partial charge in [0.2, 0.25) is 0 Å². The molecule has 0 spiro atoms. The van der Waals surface area contributed by atoms with Gasteiger partial charge < -0.3 is 10.2 Å². The monoisotopic (exact) mass is 244 g/mol. The molecule has 0 saturated carbocycles. The first-order valence-corrected chi connectivity index (χ1v) is 5.47. The van der Waals surface area contributed by atoms with E-state index in [1.165, 1.54) is 24.3 Å². The summed E-state index contributed by atoms with van der Waals surface area (Å²) >= 11 is 0. The van der Waals surface area contributed by atoms with Crippen LogP contribution in [-0.4, -0.2) is 27.6 Å². The highest BCUT2D eigenvalue weighted by atomic mass is 16.4. The first-order valence-electron chi connectivity index (χ1n) is 5.47. The SMILES string of the molecule is O=C(O)C1C=CC=CC1(O)C(=O)c1ccccc1. The summed E-state index contributed by atoms with van der Waals surface area (Å²) in [5.74, 6) is -3.12. The van der Waals surface area contributed by atoms with E-state index in [-0.39, 0.29) is 5.56 Å². The second-order valence-electron chi connectivity index (χ2n) is 4.08. The third kappa shape index (κ3) is 1.98. The Kier molecular flexibility index (Phi) is 3.12. The predicted octanol–water partition coefficient (Wildman–Crippen LogP) is 1.43. The molecule has 0 aromatic heterocycles. The molecule has 0 fully saturated rings. The summed E-state index contributed by atoms with van der Waals surface area (Å²) in [6.07, 6.45) is 5.51. The average Bonchev–Trinajstić information content (AvgIpc) is 2.39. The molecule has 1 aliphatic carbocycles. The number of aliphatic carboxylic acids is 1. The van der Waals surface area contributed by atoms with Crippen LogP contribution in [0.5, 0.6) is 0 Å². The lowest BCUT2D eigenvalue weighted by Gasteiger charge is -2.29. The molecular weight excluding hydrogens is 232 g/mol. The minimum atomic E-state index is -2.03. The zero-order valence-electron chi connectivity index (χ0n) is 9.48. The van der Waals surface area contributed by atoms with Crippen molar-refractivity contribution >= 4 is 11.8 Å². The first kappa shape index (κ1) is 12.3. The number of carboxylic acids is 1. The highest BCUT2D eigenvalue weighted by molar-refractivity contribution is 6.06. The molecule has 0 radical (unpaired) electrons. The average molecular weight is 244 g/mol. The van der Waals surface area contributed by atoms with Crippen LogP contribution in [0.2, 0.25) is 0 Å². The number of aliphatic hydroxyl groups is 1. The van der Waals surface area contributed by atoms with Gasteiger partial charge in [-0.2, -0.15) is 0 Å². The largest absolute Gasteiger partial charge is 0.481 e. The van der Waals surface area contributed by atoms with Gasteiger partial charge in [0, 0.05) is 5.56 Å². The highest BCUT2D eigenvalue weighted by Gasteiger charge is 2.45. The fourth-order valence-electron chi connectivity index (χ4n) is 1.94. The second kappa shape index (κ2) is 4.58. The number of hydrogen-bond donors (Lipinski definition) is 2. The summed E-state index contributed by atoms with van der Waals surface area (Å²) in [5, 5.41) is 19.4. The van der Waals surface area contributed by atoms with E-state index in [9.17, 15) is 14.7 Å². The smallest absolute Gasteiger partial charge is 0.314 e. The van der Waals surface area contributed by atoms with Crippen LogP contribution in [0.15, 0.2) is 54.6 Å². The van der Waals surface area contributed by atoms with E-state index in [1.807, 2.05) is 0 Å². The van der Waals surface area contributed by atoms with Crippen molar-refractivity contribution in [2.24, 2.45) is 5.92 Å². The van der Waals surface area contributed by atoms with Crippen LogP contribution in [0.1, 0.15) is 10.4 Å². The topological polar surface area (TPSA) is 74.6 Å². The maximum absolute atomic E-state index is 12.2. The number of carbonyl (C=O) groups is 2. The molecule has 1 aromatic carbocycles. The van der Waals surface area contributed by atoms with Gasteiger partial charge in [-0.3, -0.25) is 9.59 Å². The molecule has 0 saturated heterocycles. The second-order valence-corrected chi connectivity index (χ2v) is 4.08. The van der Waals surface area contributed by atoms with Crippen LogP contribution in [0.4, 0.5) is 0 Å². The number of carbonyl (C=O) groups excluding carboxylic acids is 1. The van der Waals surface area contributed by atoms with Gasteiger partial charge in [-0.1, -0.05) is 48.6 Å². The summed E-state index contributed by atoms with van der Waals surface area (Å²) < 4.78 is 0. The number of carboxylic acid groups (broad SMARTS) is 1. The lowest BCUT2D eigenvalue weighted by molar-refractivity contribution is -0.144. The molecular formula is C14H12O4. The van der Waals surface area contributed by atoms with Crippen molar-refractivity contribution in [3.8, 4) is 0 Å². The molecule has 0 bridgehead atoms. The number of allylic oxidation sites excluding steroid dienone is 2. The van der Waals surface area contributed by atoms with E-state index in [1.54, 1.807) is 30.3 Å². The molecule has 4 nitrogen and oxygen atoms in total. The first-order chi connectivity index (χ1) is 8.55. The van der Waals surface area contributed by atoms with E-state index >= 15 is 0 Å². The summed E-state index contributed by atoms with van der Waals surface area (Å²) in [6.45, 7) is 0. The van der Waals surface area contributed by atoms with E-state index in [0.29, 0.717) is 0 Å². The van der Waals surface area contributed by atoms with Crippen molar-refractivity contribution < 1.29 is 19.8 Å². The van der Waals surface area contributed by atoms with Crippen LogP contribution in [0, 0.1) is 5.92 Å². The fourth-order valence-corrected chi connectivity index (χ4v) is 1.94. The summed E-state index contributed by atoms with van der Waals surface area (Å²) in [5.41, 5.74) is -1.74. The predicted molar refractivity (Wildman–Crippen MR) is 65.1 cm³/mol. The van der Waals surface area contributed by atoms with Crippen molar-refractivity contribution in [3.05, 3.63) is 60.2 Å². The van der Waals surface area contributed by atoms with E-state index in [2.05, 4.69) is 0 Å². The number of benzene rings is 1. The van der Waals surface area contributed by atoms with Crippen molar-refractivity contribution in [3.63, 3.8) is 0 Å². The Labute approximate surface area is 104 Å². The molecule has 1 aliphatic rings. The molecule has 2 rings (SSSR count). The summed E-state index contributed by atoms with van der Waals surface area (Å²) in [6, 6.07) is 8.16. The summed E-state index contributed by atoms with van der Waals surface area (Å²) in [7, 11) is 0. The van der Waals surface area contributed by atoms with Crippen LogP contribution in [0.25, 0.3) is 0 Å². The molecule has 2 N–H and O–H groups in total. The number of rotatable bonds is 3. The Morgan fingerprint density at radius 1 is 1.11 bits per heavy atom. The minimum Gasteiger partial charge on any atom is -0.481 e. The van der Waals surface area contributed by atoms with Gasteiger partial charge in [0.05, 0.1) is 0 Å². The summed E-state index contributed by atoms with van der Waals surface area (Å²) in [4.78, 5) is 23.3. The third-order valence-corrected chi connectivity index (χ3v) is 2.90. The van der Waals surface area contributed by atoms with Gasteiger partial charge in [0.1, 0.15) is 5.92 Å². The van der Waals surface area contributed by atoms with Gasteiger partial charge in [-0.25, -0.2) is 0 Å². The Balaban J connectivity index is 2.41. The van der Waals surface area contributed by atoms with Crippen molar-refractivity contribution in [1.82, 2.24) is 0 Å². The molecule has 0 amide bonds.